The van der Waals surface area contributed by atoms with Gasteiger partial charge in [0, 0.05) is 14.0 Å². The van der Waals surface area contributed by atoms with Gasteiger partial charge in [0.25, 0.3) is 0 Å². The molecule has 0 radical (unpaired) electrons. The average Bonchev–Trinajstić information content (AvgIpc) is 3.79. The molecule has 0 saturated carbocycles. The van der Waals surface area contributed by atoms with Gasteiger partial charge in [-0.1, -0.05) is 140 Å². The van der Waals surface area contributed by atoms with Crippen LogP contribution in [0.2, 0.25) is 0 Å². The lowest BCUT2D eigenvalue weighted by Crippen LogP contribution is -2.56. The highest BCUT2D eigenvalue weighted by Crippen LogP contribution is 2.42. The first-order valence-corrected chi connectivity index (χ1v) is 20.9. The lowest BCUT2D eigenvalue weighted by atomic mass is 10.0. The minimum Gasteiger partial charge on any atom is -0.463 e. The Balaban J connectivity index is 1.22. The molecular weight excluding hydrogens is 809 g/mol. The second-order valence-corrected chi connectivity index (χ2v) is 15.3. The van der Waals surface area contributed by atoms with E-state index in [9.17, 15) is 14.7 Å². The summed E-state index contributed by atoms with van der Waals surface area (Å²) in [6, 6.07) is 46.9. The summed E-state index contributed by atoms with van der Waals surface area (Å²) in [7, 11) is 1.47. The molecule has 0 unspecified atom stereocenters. The third kappa shape index (κ3) is 11.8. The van der Waals surface area contributed by atoms with Crippen LogP contribution in [0.1, 0.15) is 39.5 Å². The molecule has 2 fully saturated rings. The average molecular weight is 863 g/mol. The van der Waals surface area contributed by atoms with Crippen molar-refractivity contribution >= 4 is 11.9 Å². The summed E-state index contributed by atoms with van der Waals surface area (Å²) in [6.07, 6.45) is -6.08. The Kier molecular flexibility index (Phi) is 16.2. The van der Waals surface area contributed by atoms with Gasteiger partial charge in [0.1, 0.15) is 44.2 Å². The number of ether oxygens (including phenoxy) is 10. The van der Waals surface area contributed by atoms with Gasteiger partial charge in [-0.15, -0.1) is 0 Å². The SMILES string of the molecule is CO[C@]1(CO[C@]2(CO)O[C@H](COC(C)=O)[C@@H](OC(=O)c3ccccc3)[C@@H]2OCc2ccccc2)O[C@H](COCc2ccccc2)[C@@H](OCc2ccccc2)[C@@H]1OCc1ccccc1. The topological polar surface area (TPSA) is 147 Å². The number of esters is 2. The van der Waals surface area contributed by atoms with Crippen LogP contribution in [-0.2, 0) is 78.6 Å². The number of carbonyl (C=O) groups is 2. The molecule has 13 heteroatoms. The van der Waals surface area contributed by atoms with E-state index in [1.165, 1.54) is 14.0 Å². The number of rotatable bonds is 22. The predicted octanol–water partition coefficient (Wildman–Crippen LogP) is 6.59. The smallest absolute Gasteiger partial charge is 0.338 e. The van der Waals surface area contributed by atoms with E-state index in [0.29, 0.717) is 6.61 Å². The quantitative estimate of drug-likeness (QED) is 0.0748. The molecule has 0 spiro atoms. The first kappa shape index (κ1) is 45.7. The maximum Gasteiger partial charge on any atom is 0.338 e. The van der Waals surface area contributed by atoms with Gasteiger partial charge >= 0.3 is 11.9 Å². The zero-order valence-electron chi connectivity index (χ0n) is 35.4. The van der Waals surface area contributed by atoms with E-state index < -0.39 is 73.4 Å². The van der Waals surface area contributed by atoms with Crippen molar-refractivity contribution in [3.63, 3.8) is 0 Å². The Morgan fingerprint density at radius 3 is 1.51 bits per heavy atom. The van der Waals surface area contributed by atoms with E-state index >= 15 is 0 Å². The first-order valence-electron chi connectivity index (χ1n) is 20.9. The highest BCUT2D eigenvalue weighted by molar-refractivity contribution is 5.89. The molecule has 0 bridgehead atoms. The zero-order valence-corrected chi connectivity index (χ0v) is 35.4. The predicted molar refractivity (Wildman–Crippen MR) is 229 cm³/mol. The van der Waals surface area contributed by atoms with Crippen molar-refractivity contribution in [2.75, 3.05) is 33.5 Å². The van der Waals surface area contributed by atoms with E-state index in [0.717, 1.165) is 22.3 Å². The van der Waals surface area contributed by atoms with E-state index in [4.69, 9.17) is 47.4 Å². The Labute approximate surface area is 367 Å². The monoisotopic (exact) mass is 862 g/mol. The third-order valence-corrected chi connectivity index (χ3v) is 10.9. The summed E-state index contributed by atoms with van der Waals surface area (Å²) in [5.41, 5.74) is 3.86. The van der Waals surface area contributed by atoms with Crippen LogP contribution in [0, 0.1) is 0 Å². The molecule has 8 atom stereocenters. The van der Waals surface area contributed by atoms with Crippen molar-refractivity contribution in [1.29, 1.82) is 0 Å². The van der Waals surface area contributed by atoms with Crippen molar-refractivity contribution in [2.45, 2.75) is 81.5 Å². The standard InChI is InChI=1S/C50H54O13/c1-36(52)56-33-43-45(61-48(53)41-26-16-7-17-27-41)47(59-31-40-24-14-6-15-25-40)49(34-51,62-43)60-35-50(54-2)46(58-30-39-22-12-5-13-23-39)44(57-29-38-20-10-4-11-21-38)42(63-50)32-55-28-37-18-8-3-9-19-37/h3-27,42-47,51H,28-35H2,1-2H3/t42-,43-,44-,45-,46+,47+,49-,50-/m1/s1. The van der Waals surface area contributed by atoms with Crippen LogP contribution in [-0.4, -0.2) is 98.8 Å². The van der Waals surface area contributed by atoms with Crippen LogP contribution in [0.5, 0.6) is 0 Å². The van der Waals surface area contributed by atoms with E-state index in [-0.39, 0.29) is 38.6 Å². The van der Waals surface area contributed by atoms with Crippen molar-refractivity contribution in [1.82, 2.24) is 0 Å². The van der Waals surface area contributed by atoms with Crippen LogP contribution < -0.4 is 0 Å². The Morgan fingerprint density at radius 2 is 1.02 bits per heavy atom. The van der Waals surface area contributed by atoms with Crippen LogP contribution >= 0.6 is 0 Å². The molecule has 1 N–H and O–H groups in total. The number of hydrogen-bond donors (Lipinski definition) is 1. The second kappa shape index (κ2) is 22.3. The third-order valence-electron chi connectivity index (χ3n) is 10.9. The number of carbonyl (C=O) groups excluding carboxylic acids is 2. The van der Waals surface area contributed by atoms with Crippen molar-refractivity contribution in [3.8, 4) is 0 Å². The summed E-state index contributed by atoms with van der Waals surface area (Å²) in [5, 5.41) is 11.4. The van der Waals surface area contributed by atoms with Gasteiger partial charge in [-0.05, 0) is 34.4 Å². The molecular formula is C50H54O13. The molecule has 0 aromatic heterocycles. The molecule has 332 valence electrons. The molecule has 2 aliphatic heterocycles. The lowest BCUT2D eigenvalue weighted by Gasteiger charge is -2.39. The summed E-state index contributed by atoms with van der Waals surface area (Å²) in [5.74, 6) is -4.99. The summed E-state index contributed by atoms with van der Waals surface area (Å²) in [6.45, 7) is 0.531. The molecule has 13 nitrogen and oxygen atoms in total. The molecule has 5 aromatic carbocycles. The fourth-order valence-corrected chi connectivity index (χ4v) is 7.68. The number of hydrogen-bond acceptors (Lipinski definition) is 13. The lowest BCUT2D eigenvalue weighted by molar-refractivity contribution is -0.341. The second-order valence-electron chi connectivity index (χ2n) is 15.3. The minimum absolute atomic E-state index is 0.0185. The largest absolute Gasteiger partial charge is 0.463 e. The Morgan fingerprint density at radius 1 is 0.571 bits per heavy atom. The normalized spacial score (nSPS) is 25.4. The van der Waals surface area contributed by atoms with E-state index in [1.54, 1.807) is 30.3 Å². The fourth-order valence-electron chi connectivity index (χ4n) is 7.68. The molecule has 0 amide bonds. The van der Waals surface area contributed by atoms with Gasteiger partial charge in [0.05, 0.1) is 38.6 Å². The highest BCUT2D eigenvalue weighted by atomic mass is 16.8. The first-order chi connectivity index (χ1) is 30.8. The number of aliphatic hydroxyl groups is 1. The zero-order chi connectivity index (χ0) is 43.9. The number of methoxy groups -OCH3 is 1. The van der Waals surface area contributed by atoms with Gasteiger partial charge in [-0.2, -0.15) is 0 Å². The van der Waals surface area contributed by atoms with Crippen molar-refractivity contribution < 1.29 is 62.1 Å². The van der Waals surface area contributed by atoms with Crippen molar-refractivity contribution in [2.24, 2.45) is 0 Å². The van der Waals surface area contributed by atoms with Crippen LogP contribution in [0.3, 0.4) is 0 Å². The molecule has 0 aliphatic carbocycles. The Hall–Kier alpha value is -5.32. The van der Waals surface area contributed by atoms with Crippen LogP contribution in [0.25, 0.3) is 0 Å². The minimum atomic E-state index is -2.03. The maximum absolute atomic E-state index is 13.7. The van der Waals surface area contributed by atoms with Gasteiger partial charge < -0.3 is 52.5 Å². The number of benzene rings is 5. The molecule has 7 rings (SSSR count). The van der Waals surface area contributed by atoms with Crippen LogP contribution in [0.4, 0.5) is 0 Å². The molecule has 63 heavy (non-hydrogen) atoms. The van der Waals surface area contributed by atoms with E-state index in [1.807, 2.05) is 121 Å². The molecule has 2 aliphatic rings. The highest BCUT2D eigenvalue weighted by Gasteiger charge is 2.63. The van der Waals surface area contributed by atoms with Crippen LogP contribution in [0.15, 0.2) is 152 Å². The van der Waals surface area contributed by atoms with Gasteiger partial charge in [0.2, 0.25) is 11.6 Å². The Bertz CT molecular complexity index is 2130. The summed E-state index contributed by atoms with van der Waals surface area (Å²) in [4.78, 5) is 25.8. The van der Waals surface area contributed by atoms with Gasteiger partial charge in [-0.25, -0.2) is 4.79 Å². The van der Waals surface area contributed by atoms with Gasteiger partial charge in [0.15, 0.2) is 12.2 Å². The maximum atomic E-state index is 13.7. The number of aliphatic hydroxyl groups excluding tert-OH is 1. The summed E-state index contributed by atoms with van der Waals surface area (Å²) < 4.78 is 64.2. The molecule has 2 heterocycles. The van der Waals surface area contributed by atoms with Crippen molar-refractivity contribution in [3.05, 3.63) is 179 Å². The fraction of sp³-hybridized carbons (Fsp3) is 0.360. The van der Waals surface area contributed by atoms with Gasteiger partial charge in [-0.3, -0.25) is 4.79 Å². The molecule has 5 aromatic rings. The van der Waals surface area contributed by atoms with E-state index in [2.05, 4.69) is 0 Å². The molecule has 2 saturated heterocycles. The summed E-state index contributed by atoms with van der Waals surface area (Å²) >= 11 is 0.